The van der Waals surface area contributed by atoms with E-state index in [0.29, 0.717) is 18.9 Å². The number of hydrogen-bond acceptors (Lipinski definition) is 5. The van der Waals surface area contributed by atoms with Gasteiger partial charge in [-0.3, -0.25) is 0 Å². The fourth-order valence-corrected chi connectivity index (χ4v) is 3.72. The molecule has 0 bridgehead atoms. The molecule has 0 amide bonds. The zero-order chi connectivity index (χ0) is 15.4. The van der Waals surface area contributed by atoms with Crippen LogP contribution in [0.4, 0.5) is 0 Å². The van der Waals surface area contributed by atoms with Crippen LogP contribution in [0.3, 0.4) is 0 Å². The lowest BCUT2D eigenvalue weighted by Gasteiger charge is -2.26. The minimum Gasteiger partial charge on any atom is -0.237 e. The van der Waals surface area contributed by atoms with Gasteiger partial charge in [-0.2, -0.15) is 22.5 Å². The summed E-state index contributed by atoms with van der Waals surface area (Å²) in [7, 11) is -3.46. The van der Waals surface area contributed by atoms with Crippen LogP contribution in [0.2, 0.25) is 0 Å². The van der Waals surface area contributed by atoms with Crippen molar-refractivity contribution in [3.63, 3.8) is 0 Å². The molecule has 0 spiro atoms. The predicted molar refractivity (Wildman–Crippen MR) is 80.3 cm³/mol. The van der Waals surface area contributed by atoms with Crippen LogP contribution in [0.5, 0.6) is 0 Å². The molecular weight excluding hydrogens is 304 g/mol. The van der Waals surface area contributed by atoms with Crippen LogP contribution in [0.1, 0.15) is 24.8 Å². The van der Waals surface area contributed by atoms with Crippen LogP contribution in [0.15, 0.2) is 31.0 Å². The summed E-state index contributed by atoms with van der Waals surface area (Å²) in [4.78, 5) is 8.13. The third kappa shape index (κ3) is 3.32. The fraction of sp³-hybridized carbons (Fsp3) is 0.462. The minimum absolute atomic E-state index is 0.169. The van der Waals surface area contributed by atoms with E-state index in [1.54, 1.807) is 12.3 Å². The van der Waals surface area contributed by atoms with Crippen LogP contribution in [0, 0.1) is 0 Å². The first-order chi connectivity index (χ1) is 10.7. The molecule has 0 radical (unpaired) electrons. The van der Waals surface area contributed by atoms with E-state index in [9.17, 15) is 8.42 Å². The zero-order valence-corrected chi connectivity index (χ0v) is 12.9. The largest absolute Gasteiger partial charge is 0.279 e. The molecule has 1 aliphatic heterocycles. The van der Waals surface area contributed by atoms with Gasteiger partial charge in [0.2, 0.25) is 0 Å². The molecule has 0 unspecified atom stereocenters. The summed E-state index contributed by atoms with van der Waals surface area (Å²) in [5.74, 6) is 0.571. The fourth-order valence-electron chi connectivity index (χ4n) is 2.46. The summed E-state index contributed by atoms with van der Waals surface area (Å²) in [6, 6.07) is 3.59. The molecule has 1 aliphatic rings. The van der Waals surface area contributed by atoms with Crippen molar-refractivity contribution in [2.75, 3.05) is 13.1 Å². The minimum atomic E-state index is -3.46. The first-order valence-corrected chi connectivity index (χ1v) is 8.64. The molecule has 1 saturated heterocycles. The quantitative estimate of drug-likeness (QED) is 0.864. The lowest BCUT2D eigenvalue weighted by molar-refractivity contribution is 0.341. The van der Waals surface area contributed by atoms with E-state index in [4.69, 9.17) is 0 Å². The lowest BCUT2D eigenvalue weighted by Crippen LogP contribution is -2.43. The highest BCUT2D eigenvalue weighted by Crippen LogP contribution is 2.14. The maximum Gasteiger partial charge on any atom is 0.279 e. The molecule has 22 heavy (non-hydrogen) atoms. The van der Waals surface area contributed by atoms with E-state index in [-0.39, 0.29) is 6.54 Å². The number of aromatic nitrogens is 4. The normalized spacial score (nSPS) is 16.7. The van der Waals surface area contributed by atoms with Crippen molar-refractivity contribution >= 4 is 10.2 Å². The Morgan fingerprint density at radius 1 is 1.23 bits per heavy atom. The number of rotatable bonds is 5. The summed E-state index contributed by atoms with van der Waals surface area (Å²) in [6.45, 7) is 1.33. The Hall–Kier alpha value is -1.84. The molecule has 3 rings (SSSR count). The van der Waals surface area contributed by atoms with Crippen LogP contribution >= 0.6 is 0 Å². The van der Waals surface area contributed by atoms with Crippen LogP contribution in [0.25, 0.3) is 5.82 Å². The standard InChI is InChI=1S/C13H18N6O2S/c20-22(21,18-7-2-1-3-8-18)17-9-12-5-4-6-15-13(12)19-11-14-10-16-19/h4-6,10-11,17H,1-3,7-9H2. The Bertz CT molecular complexity index is 710. The summed E-state index contributed by atoms with van der Waals surface area (Å²) in [6.07, 6.45) is 7.50. The van der Waals surface area contributed by atoms with E-state index in [2.05, 4.69) is 19.8 Å². The van der Waals surface area contributed by atoms with Gasteiger partial charge in [-0.15, -0.1) is 0 Å². The molecule has 118 valence electrons. The molecule has 2 aromatic rings. The second-order valence-corrected chi connectivity index (χ2v) is 6.87. The molecule has 3 heterocycles. The maximum absolute atomic E-state index is 12.3. The van der Waals surface area contributed by atoms with Crippen molar-refractivity contribution in [1.82, 2.24) is 28.8 Å². The summed E-state index contributed by atoms with van der Waals surface area (Å²) >= 11 is 0. The number of nitrogens with one attached hydrogen (secondary N) is 1. The SMILES string of the molecule is O=S(=O)(NCc1cccnc1-n1cncn1)N1CCCCC1. The number of hydrogen-bond donors (Lipinski definition) is 1. The van der Waals surface area contributed by atoms with Gasteiger partial charge >= 0.3 is 0 Å². The van der Waals surface area contributed by atoms with Crippen molar-refractivity contribution in [1.29, 1.82) is 0 Å². The van der Waals surface area contributed by atoms with E-state index in [1.807, 2.05) is 6.07 Å². The van der Waals surface area contributed by atoms with Gasteiger partial charge in [0, 0.05) is 31.4 Å². The topological polar surface area (TPSA) is 93.0 Å². The van der Waals surface area contributed by atoms with Crippen molar-refractivity contribution in [2.24, 2.45) is 0 Å². The van der Waals surface area contributed by atoms with Gasteiger partial charge < -0.3 is 0 Å². The van der Waals surface area contributed by atoms with Crippen LogP contribution < -0.4 is 4.72 Å². The second kappa shape index (κ2) is 6.51. The molecule has 0 aromatic carbocycles. The molecule has 0 atom stereocenters. The van der Waals surface area contributed by atoms with E-state index in [0.717, 1.165) is 24.8 Å². The first kappa shape index (κ1) is 15.1. The van der Waals surface area contributed by atoms with Gasteiger partial charge in [-0.25, -0.2) is 14.6 Å². The van der Waals surface area contributed by atoms with Gasteiger partial charge in [0.05, 0.1) is 0 Å². The predicted octanol–water partition coefficient (Wildman–Crippen LogP) is 0.483. The van der Waals surface area contributed by atoms with Gasteiger partial charge in [0.15, 0.2) is 5.82 Å². The highest BCUT2D eigenvalue weighted by atomic mass is 32.2. The summed E-state index contributed by atoms with van der Waals surface area (Å²) < 4.78 is 30.3. The molecule has 0 saturated carbocycles. The summed E-state index contributed by atoms with van der Waals surface area (Å²) in [5, 5.41) is 4.04. The molecule has 0 aliphatic carbocycles. The maximum atomic E-state index is 12.3. The second-order valence-electron chi connectivity index (χ2n) is 5.11. The Morgan fingerprint density at radius 2 is 2.05 bits per heavy atom. The van der Waals surface area contributed by atoms with Gasteiger partial charge in [-0.05, 0) is 18.9 Å². The van der Waals surface area contributed by atoms with Crippen molar-refractivity contribution < 1.29 is 8.42 Å². The highest BCUT2D eigenvalue weighted by molar-refractivity contribution is 7.87. The van der Waals surface area contributed by atoms with Crippen molar-refractivity contribution in [3.8, 4) is 5.82 Å². The molecule has 1 N–H and O–H groups in total. The van der Waals surface area contributed by atoms with Crippen LogP contribution in [-0.2, 0) is 16.8 Å². The van der Waals surface area contributed by atoms with Crippen molar-refractivity contribution in [2.45, 2.75) is 25.8 Å². The molecular formula is C13H18N6O2S. The van der Waals surface area contributed by atoms with Gasteiger partial charge in [0.1, 0.15) is 12.7 Å². The third-order valence-electron chi connectivity index (χ3n) is 3.60. The van der Waals surface area contributed by atoms with Crippen molar-refractivity contribution in [3.05, 3.63) is 36.5 Å². The molecule has 1 fully saturated rings. The Morgan fingerprint density at radius 3 is 2.77 bits per heavy atom. The smallest absolute Gasteiger partial charge is 0.237 e. The van der Waals surface area contributed by atoms with E-state index >= 15 is 0 Å². The molecule has 2 aromatic heterocycles. The van der Waals surface area contributed by atoms with E-state index in [1.165, 1.54) is 21.6 Å². The van der Waals surface area contributed by atoms with E-state index < -0.39 is 10.2 Å². The third-order valence-corrected chi connectivity index (χ3v) is 5.16. The average molecular weight is 322 g/mol. The number of nitrogens with zero attached hydrogens (tertiary/aromatic N) is 5. The molecule has 8 nitrogen and oxygen atoms in total. The number of pyridine rings is 1. The Labute approximate surface area is 129 Å². The first-order valence-electron chi connectivity index (χ1n) is 7.20. The monoisotopic (exact) mass is 322 g/mol. The molecule has 9 heteroatoms. The zero-order valence-electron chi connectivity index (χ0n) is 12.1. The average Bonchev–Trinajstić information content (AvgIpc) is 3.08. The van der Waals surface area contributed by atoms with Crippen LogP contribution in [-0.4, -0.2) is 45.6 Å². The number of piperidine rings is 1. The van der Waals surface area contributed by atoms with Gasteiger partial charge in [0.25, 0.3) is 10.2 Å². The Kier molecular flexibility index (Phi) is 4.46. The summed E-state index contributed by atoms with van der Waals surface area (Å²) in [5.41, 5.74) is 0.744. The van der Waals surface area contributed by atoms with Gasteiger partial charge in [-0.1, -0.05) is 12.5 Å². The Balaban J connectivity index is 1.74. The lowest BCUT2D eigenvalue weighted by atomic mass is 10.2. The highest BCUT2D eigenvalue weighted by Gasteiger charge is 2.23.